The highest BCUT2D eigenvalue weighted by Crippen LogP contribution is 2.51. The number of aryl methyl sites for hydroxylation is 1. The van der Waals surface area contributed by atoms with E-state index in [9.17, 15) is 14.7 Å². The van der Waals surface area contributed by atoms with E-state index in [0.717, 1.165) is 41.7 Å². The molecule has 0 radical (unpaired) electrons. The Hall–Kier alpha value is -2.62. The van der Waals surface area contributed by atoms with Crippen LogP contribution in [0.3, 0.4) is 0 Å². The van der Waals surface area contributed by atoms with Crippen LogP contribution in [0.15, 0.2) is 18.2 Å². The Morgan fingerprint density at radius 2 is 1.94 bits per heavy atom. The van der Waals surface area contributed by atoms with Gasteiger partial charge in [-0.25, -0.2) is 4.79 Å². The van der Waals surface area contributed by atoms with E-state index in [2.05, 4.69) is 10.2 Å². The summed E-state index contributed by atoms with van der Waals surface area (Å²) >= 11 is 1.37. The highest BCUT2D eigenvalue weighted by atomic mass is 32.1. The van der Waals surface area contributed by atoms with Crippen molar-refractivity contribution in [3.63, 3.8) is 0 Å². The van der Waals surface area contributed by atoms with Crippen LogP contribution >= 0.6 is 11.3 Å². The summed E-state index contributed by atoms with van der Waals surface area (Å²) in [6.45, 7) is 4.48. The number of piperidine rings is 1. The summed E-state index contributed by atoms with van der Waals surface area (Å²) in [6, 6.07) is 5.54. The number of fused-ring (bicyclic) bond motifs is 1. The fourth-order valence-electron chi connectivity index (χ4n) is 5.81. The smallest absolute Gasteiger partial charge is 0.341 e. The minimum absolute atomic E-state index is 0.0213. The molecule has 0 unspecified atom stereocenters. The summed E-state index contributed by atoms with van der Waals surface area (Å²) in [6.07, 6.45) is 4.31. The van der Waals surface area contributed by atoms with Gasteiger partial charge in [0.2, 0.25) is 5.91 Å². The number of hydrogen-bond donors (Lipinski definition) is 2. The average molecular weight is 517 g/mol. The molecule has 9 heteroatoms. The highest BCUT2D eigenvalue weighted by Gasteiger charge is 2.50. The molecule has 1 aliphatic carbocycles. The summed E-state index contributed by atoms with van der Waals surface area (Å²) in [4.78, 5) is 28.8. The van der Waals surface area contributed by atoms with Crippen molar-refractivity contribution in [3.05, 3.63) is 39.8 Å². The summed E-state index contributed by atoms with van der Waals surface area (Å²) in [5.74, 6) is 0.677. The summed E-state index contributed by atoms with van der Waals surface area (Å²) in [7, 11) is 4.58. The lowest BCUT2D eigenvalue weighted by Crippen LogP contribution is -2.56. The first-order valence-electron chi connectivity index (χ1n) is 12.4. The van der Waals surface area contributed by atoms with Crippen LogP contribution in [0.4, 0.5) is 5.00 Å². The van der Waals surface area contributed by atoms with Crippen LogP contribution in [0.25, 0.3) is 0 Å². The molecule has 1 saturated carbocycles. The summed E-state index contributed by atoms with van der Waals surface area (Å²) < 4.78 is 16.1. The van der Waals surface area contributed by atoms with E-state index in [1.807, 2.05) is 32.0 Å². The number of carbonyl (C=O) groups excluding carboxylic acids is 2. The van der Waals surface area contributed by atoms with Crippen LogP contribution in [0.5, 0.6) is 11.5 Å². The fourth-order valence-corrected chi connectivity index (χ4v) is 6.87. The van der Waals surface area contributed by atoms with Gasteiger partial charge in [-0.15, -0.1) is 11.3 Å². The van der Waals surface area contributed by atoms with Gasteiger partial charge in [-0.05, 0) is 44.7 Å². The lowest BCUT2D eigenvalue weighted by molar-refractivity contribution is -0.135. The van der Waals surface area contributed by atoms with Gasteiger partial charge in [0.15, 0.2) is 0 Å². The zero-order valence-electron chi connectivity index (χ0n) is 21.7. The molecule has 3 atom stereocenters. The molecule has 0 spiro atoms. The lowest BCUT2D eigenvalue weighted by atomic mass is 9.66. The second-order valence-electron chi connectivity index (χ2n) is 9.76. The van der Waals surface area contributed by atoms with Crippen LogP contribution in [-0.2, 0) is 9.53 Å². The van der Waals surface area contributed by atoms with Crippen molar-refractivity contribution in [1.82, 2.24) is 4.90 Å². The van der Waals surface area contributed by atoms with Gasteiger partial charge in [-0.2, -0.15) is 0 Å². The van der Waals surface area contributed by atoms with E-state index in [-0.39, 0.29) is 24.4 Å². The second kappa shape index (κ2) is 10.8. The Morgan fingerprint density at radius 3 is 2.64 bits per heavy atom. The number of thiophene rings is 1. The molecule has 8 nitrogen and oxygen atoms in total. The minimum Gasteiger partial charge on any atom is -0.497 e. The van der Waals surface area contributed by atoms with Gasteiger partial charge in [-0.1, -0.05) is 18.9 Å². The van der Waals surface area contributed by atoms with E-state index >= 15 is 0 Å². The van der Waals surface area contributed by atoms with Gasteiger partial charge in [0.1, 0.15) is 16.5 Å². The molecule has 1 saturated heterocycles. The standard InChI is InChI=1S/C27H36N2O6S/c1-16-17(2)36-25(23(16)26(31)35-5)28-22(30)15-29-13-12-27(32)11-7-6-8-20(27)24(29)19-10-9-18(33-3)14-21(19)34-4/h9-10,14,20,24,32H,6-8,11-13,15H2,1-5H3,(H,28,30)/t20-,24+,27+/m0/s1. The number of esters is 1. The Kier molecular flexibility index (Phi) is 7.92. The topological polar surface area (TPSA) is 97.3 Å². The van der Waals surface area contributed by atoms with E-state index in [0.29, 0.717) is 35.0 Å². The van der Waals surface area contributed by atoms with E-state index in [4.69, 9.17) is 14.2 Å². The number of hydrogen-bond acceptors (Lipinski definition) is 8. The van der Waals surface area contributed by atoms with Crippen LogP contribution in [0.2, 0.25) is 0 Å². The number of aliphatic hydroxyl groups is 1. The van der Waals surface area contributed by atoms with Crippen molar-refractivity contribution in [1.29, 1.82) is 0 Å². The Morgan fingerprint density at radius 1 is 1.17 bits per heavy atom. The number of anilines is 1. The largest absolute Gasteiger partial charge is 0.497 e. The van der Waals surface area contributed by atoms with Crippen molar-refractivity contribution in [2.75, 3.05) is 39.7 Å². The van der Waals surface area contributed by atoms with Gasteiger partial charge in [-0.3, -0.25) is 9.69 Å². The lowest BCUT2D eigenvalue weighted by Gasteiger charge is -2.52. The van der Waals surface area contributed by atoms with Gasteiger partial charge in [0.05, 0.1) is 39.0 Å². The first-order valence-corrected chi connectivity index (χ1v) is 13.2. The molecule has 0 bridgehead atoms. The molecule has 4 rings (SSSR count). The maximum atomic E-state index is 13.3. The minimum atomic E-state index is -0.763. The zero-order valence-corrected chi connectivity index (χ0v) is 22.5. The SMILES string of the molecule is COC(=O)c1c(NC(=O)CN2CC[C@]3(O)CCCC[C@H]3[C@H]2c2ccc(OC)cc2OC)sc(C)c1C. The highest BCUT2D eigenvalue weighted by molar-refractivity contribution is 7.16. The van der Waals surface area contributed by atoms with Gasteiger partial charge in [0, 0.05) is 35.0 Å². The Labute approximate surface area is 216 Å². The van der Waals surface area contributed by atoms with Crippen LogP contribution in [-0.4, -0.2) is 61.9 Å². The molecule has 2 aliphatic rings. The fraction of sp³-hybridized carbons (Fsp3) is 0.556. The van der Waals surface area contributed by atoms with Crippen molar-refractivity contribution < 1.29 is 28.9 Å². The number of amides is 1. The maximum Gasteiger partial charge on any atom is 0.341 e. The zero-order chi connectivity index (χ0) is 26.0. The Balaban J connectivity index is 1.65. The predicted octanol–water partition coefficient (Wildman–Crippen LogP) is 4.48. The third kappa shape index (κ3) is 4.96. The number of methoxy groups -OCH3 is 3. The molecule has 1 amide bonds. The molecule has 1 aromatic carbocycles. The molecular weight excluding hydrogens is 480 g/mol. The average Bonchev–Trinajstić information content (AvgIpc) is 3.15. The van der Waals surface area contributed by atoms with E-state index in [1.54, 1.807) is 14.2 Å². The van der Waals surface area contributed by atoms with Gasteiger partial charge < -0.3 is 24.6 Å². The molecule has 2 N–H and O–H groups in total. The van der Waals surface area contributed by atoms with Crippen LogP contribution < -0.4 is 14.8 Å². The first kappa shape index (κ1) is 26.4. The maximum absolute atomic E-state index is 13.3. The monoisotopic (exact) mass is 516 g/mol. The first-order chi connectivity index (χ1) is 17.2. The third-order valence-electron chi connectivity index (χ3n) is 7.81. The number of likely N-dealkylation sites (tertiary alicyclic amines) is 1. The van der Waals surface area contributed by atoms with Crippen molar-refractivity contribution in [3.8, 4) is 11.5 Å². The molecule has 2 aromatic rings. The molecule has 1 aromatic heterocycles. The van der Waals surface area contributed by atoms with Crippen molar-refractivity contribution >= 4 is 28.2 Å². The van der Waals surface area contributed by atoms with Gasteiger partial charge >= 0.3 is 5.97 Å². The Bertz CT molecular complexity index is 1130. The number of ether oxygens (including phenoxy) is 3. The molecule has 2 fully saturated rings. The van der Waals surface area contributed by atoms with E-state index < -0.39 is 11.6 Å². The number of rotatable bonds is 7. The van der Waals surface area contributed by atoms with Crippen LogP contribution in [0.1, 0.15) is 64.5 Å². The van der Waals surface area contributed by atoms with Crippen molar-refractivity contribution in [2.45, 2.75) is 57.6 Å². The number of carbonyl (C=O) groups is 2. The number of nitrogens with one attached hydrogen (secondary N) is 1. The number of nitrogens with zero attached hydrogens (tertiary/aromatic N) is 1. The van der Waals surface area contributed by atoms with Gasteiger partial charge in [0.25, 0.3) is 0 Å². The van der Waals surface area contributed by atoms with Crippen molar-refractivity contribution in [2.24, 2.45) is 5.92 Å². The molecule has 1 aliphatic heterocycles. The molecule has 36 heavy (non-hydrogen) atoms. The molecule has 196 valence electrons. The quantitative estimate of drug-likeness (QED) is 0.524. The third-order valence-corrected chi connectivity index (χ3v) is 8.93. The predicted molar refractivity (Wildman–Crippen MR) is 139 cm³/mol. The van der Waals surface area contributed by atoms with Crippen LogP contribution in [0, 0.1) is 19.8 Å². The second-order valence-corrected chi connectivity index (χ2v) is 11.0. The number of benzene rings is 1. The van der Waals surface area contributed by atoms with E-state index in [1.165, 1.54) is 18.4 Å². The molecular formula is C27H36N2O6S. The molecule has 2 heterocycles. The summed E-state index contributed by atoms with van der Waals surface area (Å²) in [5, 5.41) is 15.1. The normalized spacial score (nSPS) is 24.1. The summed E-state index contributed by atoms with van der Waals surface area (Å²) in [5.41, 5.74) is 1.39.